The van der Waals surface area contributed by atoms with Gasteiger partial charge in [-0.3, -0.25) is 9.36 Å². The number of pyridine rings is 2. The molecule has 0 spiro atoms. The molecular weight excluding hydrogens is 418 g/mol. The molecule has 0 atom stereocenters. The number of ether oxygens (including phenoxy) is 3. The lowest BCUT2D eigenvalue weighted by molar-refractivity contribution is -0.0498. The van der Waals surface area contributed by atoms with Crippen molar-refractivity contribution >= 4 is 11.0 Å². The van der Waals surface area contributed by atoms with Gasteiger partial charge in [-0.05, 0) is 61.0 Å². The SMILES string of the molecule is CCOc1ccc2cc(-c3ccc(OC)cc3)c(=O)n(-c3ccc(OC(F)F)cc3)c2n1. The van der Waals surface area contributed by atoms with E-state index in [4.69, 9.17) is 9.47 Å². The molecule has 2 aromatic carbocycles. The molecule has 2 heterocycles. The monoisotopic (exact) mass is 438 g/mol. The first-order chi connectivity index (χ1) is 15.5. The fraction of sp³-hybridized carbons (Fsp3) is 0.167. The van der Waals surface area contributed by atoms with Gasteiger partial charge in [-0.2, -0.15) is 13.8 Å². The van der Waals surface area contributed by atoms with Gasteiger partial charge in [-0.25, -0.2) is 0 Å². The zero-order valence-electron chi connectivity index (χ0n) is 17.4. The van der Waals surface area contributed by atoms with Crippen molar-refractivity contribution in [2.45, 2.75) is 13.5 Å². The smallest absolute Gasteiger partial charge is 0.387 e. The molecule has 164 valence electrons. The highest BCUT2D eigenvalue weighted by atomic mass is 19.3. The zero-order valence-corrected chi connectivity index (χ0v) is 17.4. The molecule has 0 aliphatic rings. The molecule has 0 amide bonds. The maximum Gasteiger partial charge on any atom is 0.387 e. The Morgan fingerprint density at radius 2 is 1.66 bits per heavy atom. The number of rotatable bonds is 7. The summed E-state index contributed by atoms with van der Waals surface area (Å²) in [6.45, 7) is -0.669. The summed E-state index contributed by atoms with van der Waals surface area (Å²) in [4.78, 5) is 18.1. The number of fused-ring (bicyclic) bond motifs is 1. The Kier molecular flexibility index (Phi) is 6.02. The second-order valence-corrected chi connectivity index (χ2v) is 6.79. The number of hydrogen-bond donors (Lipinski definition) is 0. The van der Waals surface area contributed by atoms with E-state index in [-0.39, 0.29) is 11.3 Å². The van der Waals surface area contributed by atoms with Crippen LogP contribution in [0.5, 0.6) is 17.4 Å². The summed E-state index contributed by atoms with van der Waals surface area (Å²) in [5, 5.41) is 0.715. The van der Waals surface area contributed by atoms with Crippen molar-refractivity contribution < 1.29 is 23.0 Å². The van der Waals surface area contributed by atoms with E-state index >= 15 is 0 Å². The molecule has 0 bridgehead atoms. The third-order valence-electron chi connectivity index (χ3n) is 4.84. The van der Waals surface area contributed by atoms with Crippen molar-refractivity contribution in [3.63, 3.8) is 0 Å². The van der Waals surface area contributed by atoms with Gasteiger partial charge < -0.3 is 14.2 Å². The van der Waals surface area contributed by atoms with E-state index in [0.717, 1.165) is 0 Å². The fourth-order valence-corrected chi connectivity index (χ4v) is 3.39. The Labute approximate surface area is 182 Å². The van der Waals surface area contributed by atoms with Crippen molar-refractivity contribution in [1.29, 1.82) is 0 Å². The van der Waals surface area contributed by atoms with Gasteiger partial charge >= 0.3 is 6.61 Å². The molecule has 32 heavy (non-hydrogen) atoms. The minimum atomic E-state index is -2.93. The lowest BCUT2D eigenvalue weighted by Crippen LogP contribution is -2.21. The number of aromatic nitrogens is 2. The van der Waals surface area contributed by atoms with Crippen LogP contribution in [-0.2, 0) is 0 Å². The highest BCUT2D eigenvalue weighted by Gasteiger charge is 2.15. The summed E-state index contributed by atoms with van der Waals surface area (Å²) in [6, 6.07) is 18.3. The zero-order chi connectivity index (χ0) is 22.7. The maximum atomic E-state index is 13.6. The van der Waals surface area contributed by atoms with Crippen molar-refractivity contribution in [3.8, 4) is 34.2 Å². The summed E-state index contributed by atoms with van der Waals surface area (Å²) in [5.74, 6) is 1.05. The molecule has 6 nitrogen and oxygen atoms in total. The standard InChI is InChI=1S/C24H20F2N2O4/c1-3-31-21-13-6-16-14-20(15-4-9-18(30-2)10-5-15)23(29)28(22(16)27-21)17-7-11-19(12-8-17)32-24(25)26/h4-14,24H,3H2,1-2H3. The van der Waals surface area contributed by atoms with Crippen LogP contribution in [0.1, 0.15) is 6.92 Å². The van der Waals surface area contributed by atoms with Crippen LogP contribution in [-0.4, -0.2) is 29.9 Å². The average Bonchev–Trinajstić information content (AvgIpc) is 2.79. The Hall–Kier alpha value is -3.94. The van der Waals surface area contributed by atoms with Crippen LogP contribution >= 0.6 is 0 Å². The lowest BCUT2D eigenvalue weighted by atomic mass is 10.1. The molecule has 8 heteroatoms. The third kappa shape index (κ3) is 4.25. The minimum Gasteiger partial charge on any atom is -0.497 e. The van der Waals surface area contributed by atoms with E-state index in [1.807, 2.05) is 13.0 Å². The van der Waals surface area contributed by atoms with Crippen LogP contribution in [0, 0.1) is 0 Å². The number of hydrogen-bond acceptors (Lipinski definition) is 5. The summed E-state index contributed by atoms with van der Waals surface area (Å²) in [7, 11) is 1.57. The third-order valence-corrected chi connectivity index (χ3v) is 4.84. The second-order valence-electron chi connectivity index (χ2n) is 6.79. The summed E-state index contributed by atoms with van der Waals surface area (Å²) < 4.78 is 41.6. The Balaban J connectivity index is 1.93. The number of benzene rings is 2. The Morgan fingerprint density at radius 3 is 2.28 bits per heavy atom. The van der Waals surface area contributed by atoms with Crippen LogP contribution in [0.2, 0.25) is 0 Å². The summed E-state index contributed by atoms with van der Waals surface area (Å²) in [6.07, 6.45) is 0. The molecule has 0 aliphatic carbocycles. The maximum absolute atomic E-state index is 13.6. The lowest BCUT2D eigenvalue weighted by Gasteiger charge is -2.14. The van der Waals surface area contributed by atoms with Crippen LogP contribution in [0.15, 0.2) is 71.5 Å². The van der Waals surface area contributed by atoms with Crippen LogP contribution in [0.4, 0.5) is 8.78 Å². The normalized spacial score (nSPS) is 11.0. The van der Waals surface area contributed by atoms with E-state index in [0.29, 0.717) is 46.1 Å². The Bertz CT molecular complexity index is 1290. The van der Waals surface area contributed by atoms with Gasteiger partial charge in [0.2, 0.25) is 5.88 Å². The van der Waals surface area contributed by atoms with E-state index in [2.05, 4.69) is 9.72 Å². The minimum absolute atomic E-state index is 0.00428. The fourth-order valence-electron chi connectivity index (χ4n) is 3.39. The number of halogens is 2. The Morgan fingerprint density at radius 1 is 0.969 bits per heavy atom. The van der Waals surface area contributed by atoms with Crippen LogP contribution < -0.4 is 19.8 Å². The van der Waals surface area contributed by atoms with Gasteiger partial charge in [0.15, 0.2) is 5.65 Å². The first-order valence-electron chi connectivity index (χ1n) is 9.89. The van der Waals surface area contributed by atoms with Crippen molar-refractivity contribution in [1.82, 2.24) is 9.55 Å². The number of methoxy groups -OCH3 is 1. The molecule has 0 saturated heterocycles. The predicted octanol–water partition coefficient (Wildman–Crippen LogP) is 5.06. The van der Waals surface area contributed by atoms with E-state index in [1.165, 1.54) is 28.8 Å². The first kappa shape index (κ1) is 21.3. The second kappa shape index (κ2) is 9.05. The molecular formula is C24H20F2N2O4. The van der Waals surface area contributed by atoms with Gasteiger partial charge in [-0.15, -0.1) is 0 Å². The molecule has 0 radical (unpaired) electrons. The van der Waals surface area contributed by atoms with E-state index in [9.17, 15) is 13.6 Å². The number of alkyl halides is 2. The largest absolute Gasteiger partial charge is 0.497 e. The van der Waals surface area contributed by atoms with Crippen LogP contribution in [0.3, 0.4) is 0 Å². The predicted molar refractivity (Wildman–Crippen MR) is 117 cm³/mol. The molecule has 4 rings (SSSR count). The molecule has 2 aromatic heterocycles. The highest BCUT2D eigenvalue weighted by Crippen LogP contribution is 2.26. The molecule has 0 fully saturated rings. The molecule has 0 N–H and O–H groups in total. The van der Waals surface area contributed by atoms with Crippen molar-refractivity contribution in [2.24, 2.45) is 0 Å². The van der Waals surface area contributed by atoms with Gasteiger partial charge in [0.1, 0.15) is 11.5 Å². The molecule has 0 unspecified atom stereocenters. The van der Waals surface area contributed by atoms with Crippen molar-refractivity contribution in [3.05, 3.63) is 77.1 Å². The molecule has 0 aliphatic heterocycles. The van der Waals surface area contributed by atoms with Gasteiger partial charge in [-0.1, -0.05) is 12.1 Å². The number of nitrogens with zero attached hydrogens (tertiary/aromatic N) is 2. The van der Waals surface area contributed by atoms with E-state index in [1.54, 1.807) is 43.5 Å². The highest BCUT2D eigenvalue weighted by molar-refractivity contribution is 5.83. The van der Waals surface area contributed by atoms with Gasteiger partial charge in [0.25, 0.3) is 5.56 Å². The van der Waals surface area contributed by atoms with Gasteiger partial charge in [0.05, 0.1) is 19.4 Å². The molecule has 0 saturated carbocycles. The molecule has 4 aromatic rings. The van der Waals surface area contributed by atoms with Crippen LogP contribution in [0.25, 0.3) is 27.8 Å². The summed E-state index contributed by atoms with van der Waals surface area (Å²) in [5.41, 5.74) is 1.70. The van der Waals surface area contributed by atoms with Crippen molar-refractivity contribution in [2.75, 3.05) is 13.7 Å². The van der Waals surface area contributed by atoms with Gasteiger partial charge in [0, 0.05) is 17.0 Å². The quantitative estimate of drug-likeness (QED) is 0.404. The first-order valence-corrected chi connectivity index (χ1v) is 9.89. The average molecular weight is 438 g/mol. The topological polar surface area (TPSA) is 62.6 Å². The summed E-state index contributed by atoms with van der Waals surface area (Å²) >= 11 is 0. The van der Waals surface area contributed by atoms with E-state index < -0.39 is 6.61 Å².